The second-order valence-electron chi connectivity index (χ2n) is 5.48. The Kier molecular flexibility index (Phi) is 7.01. The highest BCUT2D eigenvalue weighted by molar-refractivity contribution is 5.98. The van der Waals surface area contributed by atoms with Crippen molar-refractivity contribution < 1.29 is 19.1 Å². The number of hydrogen-bond acceptors (Lipinski definition) is 5. The summed E-state index contributed by atoms with van der Waals surface area (Å²) in [5.74, 6) is 0.243. The lowest BCUT2D eigenvalue weighted by Crippen LogP contribution is -2.13. The van der Waals surface area contributed by atoms with E-state index in [4.69, 9.17) is 9.57 Å². The standard InChI is InChI=1S/C20H23NO4/c1-4-17-10-11-18(12-19(17)24-14-20(22)23-3)15(2)21-25-13-16-8-6-5-7-9-16/h5-12H,4,13-14H2,1-3H3. The van der Waals surface area contributed by atoms with E-state index < -0.39 is 5.97 Å². The fourth-order valence-corrected chi connectivity index (χ4v) is 2.23. The Bertz CT molecular complexity index is 726. The number of carbonyl (C=O) groups is 1. The van der Waals surface area contributed by atoms with Crippen molar-refractivity contribution in [2.45, 2.75) is 26.9 Å². The van der Waals surface area contributed by atoms with Gasteiger partial charge in [-0.3, -0.25) is 0 Å². The van der Waals surface area contributed by atoms with Gasteiger partial charge in [0.2, 0.25) is 0 Å². The third-order valence-corrected chi connectivity index (χ3v) is 3.71. The van der Waals surface area contributed by atoms with Crippen LogP contribution in [0.4, 0.5) is 0 Å². The molecule has 0 bridgehead atoms. The molecule has 0 amide bonds. The number of oxime groups is 1. The van der Waals surface area contributed by atoms with Crippen molar-refractivity contribution in [3.05, 3.63) is 65.2 Å². The van der Waals surface area contributed by atoms with Gasteiger partial charge in [0.15, 0.2) is 6.61 Å². The van der Waals surface area contributed by atoms with Gasteiger partial charge in [-0.05, 0) is 30.5 Å². The summed E-state index contributed by atoms with van der Waals surface area (Å²) in [5.41, 5.74) is 3.69. The zero-order valence-electron chi connectivity index (χ0n) is 14.8. The molecule has 0 heterocycles. The average Bonchev–Trinajstić information content (AvgIpc) is 2.66. The van der Waals surface area contributed by atoms with E-state index in [2.05, 4.69) is 9.89 Å². The van der Waals surface area contributed by atoms with Crippen LogP contribution in [0.1, 0.15) is 30.5 Å². The summed E-state index contributed by atoms with van der Waals surface area (Å²) in [4.78, 5) is 16.7. The summed E-state index contributed by atoms with van der Waals surface area (Å²) < 4.78 is 10.2. The van der Waals surface area contributed by atoms with Crippen LogP contribution < -0.4 is 4.74 Å². The van der Waals surface area contributed by atoms with Crippen molar-refractivity contribution in [2.75, 3.05) is 13.7 Å². The van der Waals surface area contributed by atoms with Gasteiger partial charge < -0.3 is 14.3 Å². The fourth-order valence-electron chi connectivity index (χ4n) is 2.23. The minimum absolute atomic E-state index is 0.117. The Morgan fingerprint density at radius 3 is 2.56 bits per heavy atom. The number of nitrogens with zero attached hydrogens (tertiary/aromatic N) is 1. The van der Waals surface area contributed by atoms with Crippen LogP contribution in [0.3, 0.4) is 0 Å². The smallest absolute Gasteiger partial charge is 0.343 e. The maximum atomic E-state index is 11.3. The highest BCUT2D eigenvalue weighted by Gasteiger charge is 2.09. The Morgan fingerprint density at radius 2 is 1.88 bits per heavy atom. The zero-order chi connectivity index (χ0) is 18.1. The molecule has 0 atom stereocenters. The van der Waals surface area contributed by atoms with E-state index >= 15 is 0 Å². The number of ether oxygens (including phenoxy) is 2. The number of hydrogen-bond donors (Lipinski definition) is 0. The monoisotopic (exact) mass is 341 g/mol. The van der Waals surface area contributed by atoms with Gasteiger partial charge >= 0.3 is 5.97 Å². The average molecular weight is 341 g/mol. The van der Waals surface area contributed by atoms with Gasteiger partial charge in [0.1, 0.15) is 12.4 Å². The van der Waals surface area contributed by atoms with Crippen LogP contribution in [0, 0.1) is 0 Å². The van der Waals surface area contributed by atoms with E-state index in [0.29, 0.717) is 12.4 Å². The van der Waals surface area contributed by atoms with E-state index in [0.717, 1.165) is 28.8 Å². The molecular formula is C20H23NO4. The molecule has 0 aliphatic heterocycles. The summed E-state index contributed by atoms with van der Waals surface area (Å²) in [6.45, 7) is 4.20. The van der Waals surface area contributed by atoms with Gasteiger partial charge in [-0.2, -0.15) is 0 Å². The molecule has 2 aromatic rings. The van der Waals surface area contributed by atoms with Gasteiger partial charge in [-0.25, -0.2) is 4.79 Å². The highest BCUT2D eigenvalue weighted by atomic mass is 16.6. The fraction of sp³-hybridized carbons (Fsp3) is 0.300. The number of aryl methyl sites for hydroxylation is 1. The van der Waals surface area contributed by atoms with Gasteiger partial charge in [-0.1, -0.05) is 54.5 Å². The van der Waals surface area contributed by atoms with Gasteiger partial charge in [0, 0.05) is 5.56 Å². The zero-order valence-corrected chi connectivity index (χ0v) is 14.8. The first-order chi connectivity index (χ1) is 12.1. The number of carbonyl (C=O) groups excluding carboxylic acids is 1. The summed E-state index contributed by atoms with van der Waals surface area (Å²) in [7, 11) is 1.34. The van der Waals surface area contributed by atoms with Crippen molar-refractivity contribution in [2.24, 2.45) is 5.16 Å². The summed E-state index contributed by atoms with van der Waals surface area (Å²) >= 11 is 0. The van der Waals surface area contributed by atoms with Crippen molar-refractivity contribution in [3.8, 4) is 5.75 Å². The molecule has 0 aromatic heterocycles. The van der Waals surface area contributed by atoms with E-state index in [9.17, 15) is 4.79 Å². The minimum atomic E-state index is -0.413. The molecule has 25 heavy (non-hydrogen) atoms. The molecule has 0 unspecified atom stereocenters. The molecule has 0 fully saturated rings. The Balaban J connectivity index is 2.06. The molecule has 0 saturated heterocycles. The van der Waals surface area contributed by atoms with Crippen LogP contribution >= 0.6 is 0 Å². The minimum Gasteiger partial charge on any atom is -0.482 e. The van der Waals surface area contributed by atoms with Gasteiger partial charge in [-0.15, -0.1) is 0 Å². The lowest BCUT2D eigenvalue weighted by Gasteiger charge is -2.11. The summed E-state index contributed by atoms with van der Waals surface area (Å²) in [6.07, 6.45) is 0.803. The molecule has 0 spiro atoms. The molecule has 0 aliphatic rings. The lowest BCUT2D eigenvalue weighted by atomic mass is 10.1. The molecule has 2 aromatic carbocycles. The topological polar surface area (TPSA) is 57.1 Å². The Hall–Kier alpha value is -2.82. The lowest BCUT2D eigenvalue weighted by molar-refractivity contribution is -0.142. The first-order valence-corrected chi connectivity index (χ1v) is 8.17. The van der Waals surface area contributed by atoms with E-state index in [1.165, 1.54) is 7.11 Å². The normalized spacial score (nSPS) is 11.1. The van der Waals surface area contributed by atoms with E-state index in [-0.39, 0.29) is 6.61 Å². The van der Waals surface area contributed by atoms with Crippen LogP contribution in [-0.2, 0) is 27.4 Å². The second-order valence-corrected chi connectivity index (χ2v) is 5.48. The number of esters is 1. The van der Waals surface area contributed by atoms with Crippen LogP contribution in [0.5, 0.6) is 5.75 Å². The number of benzene rings is 2. The molecule has 5 heteroatoms. The van der Waals surface area contributed by atoms with Gasteiger partial charge in [0.25, 0.3) is 0 Å². The molecule has 0 N–H and O–H groups in total. The third kappa shape index (κ3) is 5.64. The Morgan fingerprint density at radius 1 is 1.12 bits per heavy atom. The van der Waals surface area contributed by atoms with Crippen molar-refractivity contribution in [3.63, 3.8) is 0 Å². The molecule has 132 valence electrons. The Labute approximate surface area is 148 Å². The van der Waals surface area contributed by atoms with Crippen LogP contribution in [0.15, 0.2) is 53.7 Å². The first kappa shape index (κ1) is 18.5. The molecule has 5 nitrogen and oxygen atoms in total. The summed E-state index contributed by atoms with van der Waals surface area (Å²) in [6, 6.07) is 15.7. The molecule has 0 radical (unpaired) electrons. The predicted octanol–water partition coefficient (Wildman–Crippen LogP) is 3.74. The van der Waals surface area contributed by atoms with E-state index in [1.54, 1.807) is 0 Å². The summed E-state index contributed by atoms with van der Waals surface area (Å²) in [5, 5.41) is 4.17. The molecule has 2 rings (SSSR count). The molecule has 0 saturated carbocycles. The van der Waals surface area contributed by atoms with Crippen LogP contribution in [0.2, 0.25) is 0 Å². The third-order valence-electron chi connectivity index (χ3n) is 3.71. The highest BCUT2D eigenvalue weighted by Crippen LogP contribution is 2.22. The molecule has 0 aliphatic carbocycles. The van der Waals surface area contributed by atoms with Crippen LogP contribution in [-0.4, -0.2) is 25.4 Å². The maximum Gasteiger partial charge on any atom is 0.343 e. The van der Waals surface area contributed by atoms with Crippen molar-refractivity contribution in [1.82, 2.24) is 0 Å². The SMILES string of the molecule is CCc1ccc(C(C)=NOCc2ccccc2)cc1OCC(=O)OC. The quantitative estimate of drug-likeness (QED) is 0.417. The number of rotatable bonds is 8. The van der Waals surface area contributed by atoms with Crippen LogP contribution in [0.25, 0.3) is 0 Å². The number of methoxy groups -OCH3 is 1. The molecular weight excluding hydrogens is 318 g/mol. The maximum absolute atomic E-state index is 11.3. The van der Waals surface area contributed by atoms with Crippen molar-refractivity contribution in [1.29, 1.82) is 0 Å². The largest absolute Gasteiger partial charge is 0.482 e. The van der Waals surface area contributed by atoms with Crippen molar-refractivity contribution >= 4 is 11.7 Å². The first-order valence-electron chi connectivity index (χ1n) is 8.17. The predicted molar refractivity (Wildman–Crippen MR) is 96.8 cm³/mol. The van der Waals surface area contributed by atoms with Gasteiger partial charge in [0.05, 0.1) is 12.8 Å². The van der Waals surface area contributed by atoms with E-state index in [1.807, 2.05) is 62.4 Å². The second kappa shape index (κ2) is 9.47.